The predicted octanol–water partition coefficient (Wildman–Crippen LogP) is 3.14. The van der Waals surface area contributed by atoms with E-state index in [1.54, 1.807) is 7.11 Å². The highest BCUT2D eigenvalue weighted by Gasteiger charge is 2.22. The van der Waals surface area contributed by atoms with Gasteiger partial charge in [-0.05, 0) is 37.5 Å². The van der Waals surface area contributed by atoms with Crippen LogP contribution in [0.3, 0.4) is 0 Å². The summed E-state index contributed by atoms with van der Waals surface area (Å²) in [5, 5.41) is 14.0. The zero-order valence-electron chi connectivity index (χ0n) is 12.7. The van der Waals surface area contributed by atoms with Gasteiger partial charge in [-0.15, -0.1) is 0 Å². The third-order valence-corrected chi connectivity index (χ3v) is 4.15. The van der Waals surface area contributed by atoms with Gasteiger partial charge in [0.2, 0.25) is 0 Å². The monoisotopic (exact) mass is 313 g/mol. The van der Waals surface area contributed by atoms with Crippen molar-refractivity contribution in [1.29, 1.82) is 0 Å². The number of aliphatic hydroxyl groups excluding tert-OH is 1. The van der Waals surface area contributed by atoms with Crippen molar-refractivity contribution in [2.24, 2.45) is 0 Å². The largest absolute Gasteiger partial charge is 0.491 e. The van der Waals surface area contributed by atoms with E-state index < -0.39 is 0 Å². The molecule has 1 aliphatic rings. The van der Waals surface area contributed by atoms with Gasteiger partial charge < -0.3 is 19.9 Å². The molecule has 2 atom stereocenters. The Morgan fingerprint density at radius 2 is 2.10 bits per heavy atom. The minimum atomic E-state index is -0.251. The Bertz CT molecular complexity index is 467. The van der Waals surface area contributed by atoms with Crippen LogP contribution in [-0.4, -0.2) is 31.0 Å². The maximum Gasteiger partial charge on any atom is 0.179 e. The quantitative estimate of drug-likeness (QED) is 0.847. The second-order valence-electron chi connectivity index (χ2n) is 5.38. The Labute approximate surface area is 131 Å². The number of ether oxygens (including phenoxy) is 2. The highest BCUT2D eigenvalue weighted by atomic mass is 35.5. The molecule has 0 spiro atoms. The van der Waals surface area contributed by atoms with E-state index in [0.29, 0.717) is 29.7 Å². The number of hydrogen-bond donors (Lipinski definition) is 2. The van der Waals surface area contributed by atoms with E-state index in [2.05, 4.69) is 5.32 Å². The second-order valence-corrected chi connectivity index (χ2v) is 5.79. The van der Waals surface area contributed by atoms with E-state index in [0.717, 1.165) is 24.8 Å². The number of benzene rings is 1. The van der Waals surface area contributed by atoms with Crippen LogP contribution in [0.25, 0.3) is 0 Å². The molecule has 0 aliphatic heterocycles. The predicted molar refractivity (Wildman–Crippen MR) is 84.3 cm³/mol. The normalized spacial score (nSPS) is 22.1. The topological polar surface area (TPSA) is 50.7 Å². The molecule has 1 aromatic rings. The van der Waals surface area contributed by atoms with Gasteiger partial charge >= 0.3 is 0 Å². The van der Waals surface area contributed by atoms with Gasteiger partial charge in [0.05, 0.1) is 24.8 Å². The van der Waals surface area contributed by atoms with Crippen LogP contribution in [0.1, 0.15) is 38.2 Å². The van der Waals surface area contributed by atoms with Gasteiger partial charge in [0.1, 0.15) is 0 Å². The summed E-state index contributed by atoms with van der Waals surface area (Å²) in [6.45, 7) is 3.15. The van der Waals surface area contributed by atoms with Crippen molar-refractivity contribution < 1.29 is 14.6 Å². The molecule has 2 unspecified atom stereocenters. The summed E-state index contributed by atoms with van der Waals surface area (Å²) >= 11 is 6.24. The van der Waals surface area contributed by atoms with E-state index >= 15 is 0 Å². The van der Waals surface area contributed by atoms with Crippen LogP contribution in [0.4, 0.5) is 0 Å². The zero-order chi connectivity index (χ0) is 15.2. The summed E-state index contributed by atoms with van der Waals surface area (Å²) in [5.41, 5.74) is 1.03. The first-order valence-corrected chi connectivity index (χ1v) is 7.94. The number of rotatable bonds is 6. The van der Waals surface area contributed by atoms with E-state index in [1.165, 1.54) is 6.42 Å². The Kier molecular flexibility index (Phi) is 6.15. The molecule has 118 valence electrons. The van der Waals surface area contributed by atoms with Gasteiger partial charge in [0.15, 0.2) is 11.5 Å². The number of aliphatic hydroxyl groups is 1. The fraction of sp³-hybridized carbons (Fsp3) is 0.625. The molecule has 1 saturated carbocycles. The van der Waals surface area contributed by atoms with Crippen LogP contribution in [0.2, 0.25) is 5.02 Å². The molecule has 0 aromatic heterocycles. The van der Waals surface area contributed by atoms with Crippen molar-refractivity contribution in [3.63, 3.8) is 0 Å². The molecule has 0 radical (unpaired) electrons. The summed E-state index contributed by atoms with van der Waals surface area (Å²) in [6, 6.07) is 3.98. The SMILES string of the molecule is CCOc1cc(CNC2CCCCC2O)cc(Cl)c1OC. The number of halogens is 1. The molecule has 0 saturated heterocycles. The van der Waals surface area contributed by atoms with Gasteiger partial charge in [-0.3, -0.25) is 0 Å². The van der Waals surface area contributed by atoms with Crippen molar-refractivity contribution in [3.8, 4) is 11.5 Å². The molecule has 2 rings (SSSR count). The van der Waals surface area contributed by atoms with Crippen LogP contribution < -0.4 is 14.8 Å². The second kappa shape index (κ2) is 7.87. The lowest BCUT2D eigenvalue weighted by Crippen LogP contribution is -2.41. The maximum atomic E-state index is 9.99. The minimum absolute atomic E-state index is 0.162. The van der Waals surface area contributed by atoms with Crippen molar-refractivity contribution in [1.82, 2.24) is 5.32 Å². The summed E-state index contributed by atoms with van der Waals surface area (Å²) in [6.07, 6.45) is 3.93. The first-order valence-electron chi connectivity index (χ1n) is 7.56. The standard InChI is InChI=1S/C16H24ClNO3/c1-3-21-15-9-11(8-12(17)16(15)20-2)10-18-13-6-4-5-7-14(13)19/h8-9,13-14,18-19H,3-7,10H2,1-2H3. The minimum Gasteiger partial charge on any atom is -0.491 e. The van der Waals surface area contributed by atoms with E-state index in [4.69, 9.17) is 21.1 Å². The molecule has 1 aromatic carbocycles. The molecular weight excluding hydrogens is 290 g/mol. The average Bonchev–Trinajstić information content (AvgIpc) is 2.47. The third-order valence-electron chi connectivity index (χ3n) is 3.87. The van der Waals surface area contributed by atoms with Crippen LogP contribution in [-0.2, 0) is 6.54 Å². The Morgan fingerprint density at radius 3 is 2.76 bits per heavy atom. The molecule has 2 N–H and O–H groups in total. The molecular formula is C16H24ClNO3. The molecule has 21 heavy (non-hydrogen) atoms. The lowest BCUT2D eigenvalue weighted by molar-refractivity contribution is 0.0902. The molecule has 0 bridgehead atoms. The lowest BCUT2D eigenvalue weighted by Gasteiger charge is -2.28. The molecule has 5 heteroatoms. The first kappa shape index (κ1) is 16.4. The lowest BCUT2D eigenvalue weighted by atomic mass is 9.92. The van der Waals surface area contributed by atoms with Crippen LogP contribution in [0.5, 0.6) is 11.5 Å². The van der Waals surface area contributed by atoms with Gasteiger partial charge in [0.25, 0.3) is 0 Å². The molecule has 0 amide bonds. The van der Waals surface area contributed by atoms with Gasteiger partial charge in [-0.1, -0.05) is 24.4 Å². The summed E-state index contributed by atoms with van der Waals surface area (Å²) in [7, 11) is 1.58. The average molecular weight is 314 g/mol. The highest BCUT2D eigenvalue weighted by molar-refractivity contribution is 6.32. The fourth-order valence-corrected chi connectivity index (χ4v) is 3.09. The fourth-order valence-electron chi connectivity index (χ4n) is 2.78. The molecule has 4 nitrogen and oxygen atoms in total. The van der Waals surface area contributed by atoms with Crippen molar-refractivity contribution in [3.05, 3.63) is 22.7 Å². The Hall–Kier alpha value is -0.970. The summed E-state index contributed by atoms with van der Waals surface area (Å²) in [5.74, 6) is 1.23. The summed E-state index contributed by atoms with van der Waals surface area (Å²) in [4.78, 5) is 0. The first-order chi connectivity index (χ1) is 10.2. The highest BCUT2D eigenvalue weighted by Crippen LogP contribution is 2.36. The van der Waals surface area contributed by atoms with Gasteiger partial charge in [-0.25, -0.2) is 0 Å². The van der Waals surface area contributed by atoms with E-state index in [9.17, 15) is 5.11 Å². The Morgan fingerprint density at radius 1 is 1.33 bits per heavy atom. The smallest absolute Gasteiger partial charge is 0.179 e. The van der Waals surface area contributed by atoms with Gasteiger partial charge in [0, 0.05) is 12.6 Å². The van der Waals surface area contributed by atoms with E-state index in [-0.39, 0.29) is 12.1 Å². The van der Waals surface area contributed by atoms with Gasteiger partial charge in [-0.2, -0.15) is 0 Å². The number of methoxy groups -OCH3 is 1. The molecule has 1 aliphatic carbocycles. The maximum absolute atomic E-state index is 9.99. The third kappa shape index (κ3) is 4.25. The molecule has 0 heterocycles. The Balaban J connectivity index is 2.05. The molecule has 1 fully saturated rings. The van der Waals surface area contributed by atoms with Crippen molar-refractivity contribution in [2.75, 3.05) is 13.7 Å². The van der Waals surface area contributed by atoms with Crippen LogP contribution >= 0.6 is 11.6 Å². The number of hydrogen-bond acceptors (Lipinski definition) is 4. The zero-order valence-corrected chi connectivity index (χ0v) is 13.4. The van der Waals surface area contributed by atoms with Crippen molar-refractivity contribution in [2.45, 2.75) is 51.3 Å². The van der Waals surface area contributed by atoms with E-state index in [1.807, 2.05) is 19.1 Å². The number of nitrogens with one attached hydrogen (secondary N) is 1. The van der Waals surface area contributed by atoms with Crippen molar-refractivity contribution >= 4 is 11.6 Å². The van der Waals surface area contributed by atoms with Crippen LogP contribution in [0, 0.1) is 0 Å². The summed E-state index contributed by atoms with van der Waals surface area (Å²) < 4.78 is 10.9. The van der Waals surface area contributed by atoms with Crippen LogP contribution in [0.15, 0.2) is 12.1 Å².